The minimum Gasteiger partial charge on any atom is -0.335 e. The van der Waals surface area contributed by atoms with Gasteiger partial charge < -0.3 is 10.2 Å². The zero-order valence-corrected chi connectivity index (χ0v) is 15.3. The van der Waals surface area contributed by atoms with Crippen molar-refractivity contribution in [1.82, 2.24) is 20.0 Å². The Labute approximate surface area is 154 Å². The molecule has 0 saturated carbocycles. The molecule has 6 heteroatoms. The molecular formula is C19H25ClN4O. The molecule has 0 spiro atoms. The predicted molar refractivity (Wildman–Crippen MR) is 99.7 cm³/mol. The van der Waals surface area contributed by atoms with Crippen molar-refractivity contribution < 1.29 is 4.79 Å². The molecule has 2 aromatic rings. The summed E-state index contributed by atoms with van der Waals surface area (Å²) in [6, 6.07) is 10.7. The minimum atomic E-state index is 0. The van der Waals surface area contributed by atoms with Crippen LogP contribution >= 0.6 is 12.4 Å². The molecule has 3 heterocycles. The van der Waals surface area contributed by atoms with Gasteiger partial charge in [0.2, 0.25) is 5.91 Å². The van der Waals surface area contributed by atoms with Crippen LogP contribution in [0.5, 0.6) is 0 Å². The van der Waals surface area contributed by atoms with Crippen LogP contribution in [0.25, 0.3) is 0 Å². The zero-order valence-electron chi connectivity index (χ0n) is 14.5. The molecule has 1 aromatic heterocycles. The first-order valence-electron chi connectivity index (χ1n) is 8.79. The predicted octanol–water partition coefficient (Wildman–Crippen LogP) is 2.51. The third-order valence-corrected chi connectivity index (χ3v) is 5.40. The van der Waals surface area contributed by atoms with E-state index in [1.54, 1.807) is 0 Å². The minimum absolute atomic E-state index is 0. The molecule has 4 rings (SSSR count). The van der Waals surface area contributed by atoms with Gasteiger partial charge in [0.15, 0.2) is 0 Å². The second kappa shape index (κ2) is 7.58. The lowest BCUT2D eigenvalue weighted by atomic mass is 9.89. The normalized spacial score (nSPS) is 25.8. The number of nitrogens with zero attached hydrogens (tertiary/aromatic N) is 3. The van der Waals surface area contributed by atoms with E-state index in [-0.39, 0.29) is 30.3 Å². The van der Waals surface area contributed by atoms with E-state index in [9.17, 15) is 4.79 Å². The molecule has 0 aliphatic carbocycles. The van der Waals surface area contributed by atoms with Gasteiger partial charge in [0.25, 0.3) is 0 Å². The van der Waals surface area contributed by atoms with Crippen molar-refractivity contribution in [3.05, 3.63) is 53.9 Å². The molecule has 1 aromatic carbocycles. The van der Waals surface area contributed by atoms with E-state index in [0.29, 0.717) is 5.91 Å². The van der Waals surface area contributed by atoms with Crippen LogP contribution in [0.2, 0.25) is 0 Å². The van der Waals surface area contributed by atoms with Gasteiger partial charge in [-0.1, -0.05) is 30.3 Å². The van der Waals surface area contributed by atoms with Crippen molar-refractivity contribution >= 4 is 18.3 Å². The van der Waals surface area contributed by atoms with Gasteiger partial charge in [0, 0.05) is 38.8 Å². The standard InChI is InChI=1S/C19H24N4O.ClH/c1-22-13-15(10-21-22)16-11-20-12-17(16)19(24)23-9-5-8-18(23)14-6-3-2-4-7-14;/h2-4,6-7,10,13,16-18,20H,5,8-9,11-12H2,1H3;1H/t16-,17+,18?;/m1./s1. The van der Waals surface area contributed by atoms with Crippen LogP contribution in [-0.4, -0.2) is 40.2 Å². The highest BCUT2D eigenvalue weighted by molar-refractivity contribution is 5.85. The van der Waals surface area contributed by atoms with E-state index < -0.39 is 0 Å². The molecule has 1 N–H and O–H groups in total. The SMILES string of the molecule is Cl.Cn1cc([C@H]2CNC[C@@H]2C(=O)N2CCCC2c2ccccc2)cn1. The van der Waals surface area contributed by atoms with Gasteiger partial charge in [0.05, 0.1) is 18.2 Å². The maximum Gasteiger partial charge on any atom is 0.228 e. The summed E-state index contributed by atoms with van der Waals surface area (Å²) in [6.07, 6.45) is 6.09. The number of hydrogen-bond donors (Lipinski definition) is 1. The molecule has 2 aliphatic heterocycles. The fraction of sp³-hybridized carbons (Fsp3) is 0.474. The number of aromatic nitrogens is 2. The largest absolute Gasteiger partial charge is 0.335 e. The van der Waals surface area contributed by atoms with Crippen molar-refractivity contribution in [2.24, 2.45) is 13.0 Å². The number of halogens is 1. The van der Waals surface area contributed by atoms with Gasteiger partial charge in [-0.3, -0.25) is 9.48 Å². The van der Waals surface area contributed by atoms with E-state index in [2.05, 4.69) is 39.6 Å². The van der Waals surface area contributed by atoms with Crippen molar-refractivity contribution in [3.8, 4) is 0 Å². The highest BCUT2D eigenvalue weighted by atomic mass is 35.5. The Balaban J connectivity index is 0.00000182. The summed E-state index contributed by atoms with van der Waals surface area (Å²) in [5.74, 6) is 0.530. The summed E-state index contributed by atoms with van der Waals surface area (Å²) in [4.78, 5) is 15.4. The Morgan fingerprint density at radius 3 is 2.72 bits per heavy atom. The Kier molecular flexibility index (Phi) is 5.45. The average Bonchev–Trinajstić information content (AvgIpc) is 3.34. The first kappa shape index (κ1) is 18.0. The fourth-order valence-corrected chi connectivity index (χ4v) is 4.19. The molecule has 1 amide bonds. The van der Waals surface area contributed by atoms with Crippen molar-refractivity contribution in [1.29, 1.82) is 0 Å². The summed E-state index contributed by atoms with van der Waals surface area (Å²) >= 11 is 0. The number of aryl methyl sites for hydroxylation is 1. The molecule has 25 heavy (non-hydrogen) atoms. The number of benzene rings is 1. The molecule has 0 radical (unpaired) electrons. The third kappa shape index (κ3) is 3.44. The van der Waals surface area contributed by atoms with E-state index in [4.69, 9.17) is 0 Å². The smallest absolute Gasteiger partial charge is 0.228 e. The van der Waals surface area contributed by atoms with Crippen LogP contribution in [0, 0.1) is 5.92 Å². The highest BCUT2D eigenvalue weighted by Gasteiger charge is 2.40. The molecule has 0 bridgehead atoms. The molecular weight excluding hydrogens is 336 g/mol. The Hall–Kier alpha value is -1.85. The van der Waals surface area contributed by atoms with Crippen molar-refractivity contribution in [2.45, 2.75) is 24.8 Å². The van der Waals surface area contributed by atoms with Gasteiger partial charge in [-0.15, -0.1) is 12.4 Å². The Morgan fingerprint density at radius 2 is 2.00 bits per heavy atom. The van der Waals surface area contributed by atoms with Gasteiger partial charge in [-0.05, 0) is 24.0 Å². The molecule has 2 saturated heterocycles. The van der Waals surface area contributed by atoms with Crippen LogP contribution in [0.15, 0.2) is 42.7 Å². The number of likely N-dealkylation sites (tertiary alicyclic amines) is 1. The van der Waals surface area contributed by atoms with Gasteiger partial charge in [0.1, 0.15) is 0 Å². The summed E-state index contributed by atoms with van der Waals surface area (Å²) in [5.41, 5.74) is 2.42. The second-order valence-electron chi connectivity index (χ2n) is 6.92. The summed E-state index contributed by atoms with van der Waals surface area (Å²) < 4.78 is 1.82. The lowest BCUT2D eigenvalue weighted by Gasteiger charge is -2.29. The number of carbonyl (C=O) groups excluding carboxylic acids is 1. The molecule has 134 valence electrons. The maximum absolute atomic E-state index is 13.3. The summed E-state index contributed by atoms with van der Waals surface area (Å²) in [7, 11) is 1.93. The van der Waals surface area contributed by atoms with Crippen LogP contribution in [-0.2, 0) is 11.8 Å². The zero-order chi connectivity index (χ0) is 16.5. The molecule has 3 atom stereocenters. The Bertz CT molecular complexity index is 717. The van der Waals surface area contributed by atoms with E-state index in [1.165, 1.54) is 5.56 Å². The quantitative estimate of drug-likeness (QED) is 0.915. The monoisotopic (exact) mass is 360 g/mol. The Morgan fingerprint density at radius 1 is 1.20 bits per heavy atom. The maximum atomic E-state index is 13.3. The van der Waals surface area contributed by atoms with Gasteiger partial charge >= 0.3 is 0 Å². The van der Waals surface area contributed by atoms with E-state index in [1.807, 2.05) is 30.2 Å². The molecule has 1 unspecified atom stereocenters. The van der Waals surface area contributed by atoms with Gasteiger partial charge in [-0.2, -0.15) is 5.10 Å². The summed E-state index contributed by atoms with van der Waals surface area (Å²) in [6.45, 7) is 2.48. The first-order chi connectivity index (χ1) is 11.7. The first-order valence-corrected chi connectivity index (χ1v) is 8.79. The number of carbonyl (C=O) groups is 1. The summed E-state index contributed by atoms with van der Waals surface area (Å²) in [5, 5.41) is 7.68. The number of hydrogen-bond acceptors (Lipinski definition) is 3. The van der Waals surface area contributed by atoms with E-state index in [0.717, 1.165) is 38.0 Å². The topological polar surface area (TPSA) is 50.2 Å². The third-order valence-electron chi connectivity index (χ3n) is 5.40. The van der Waals surface area contributed by atoms with Crippen LogP contribution in [0.4, 0.5) is 0 Å². The average molecular weight is 361 g/mol. The highest BCUT2D eigenvalue weighted by Crippen LogP contribution is 2.36. The molecule has 2 fully saturated rings. The van der Waals surface area contributed by atoms with Crippen LogP contribution in [0.3, 0.4) is 0 Å². The lowest BCUT2D eigenvalue weighted by molar-refractivity contribution is -0.136. The molecule has 2 aliphatic rings. The van der Waals surface area contributed by atoms with Crippen molar-refractivity contribution in [3.63, 3.8) is 0 Å². The number of nitrogens with one attached hydrogen (secondary N) is 1. The van der Waals surface area contributed by atoms with Gasteiger partial charge in [-0.25, -0.2) is 0 Å². The molecule has 5 nitrogen and oxygen atoms in total. The van der Waals surface area contributed by atoms with Crippen LogP contribution in [0.1, 0.15) is 35.9 Å². The lowest BCUT2D eigenvalue weighted by Crippen LogP contribution is -2.38. The van der Waals surface area contributed by atoms with Crippen LogP contribution < -0.4 is 5.32 Å². The number of amides is 1. The second-order valence-corrected chi connectivity index (χ2v) is 6.92. The van der Waals surface area contributed by atoms with Crippen molar-refractivity contribution in [2.75, 3.05) is 19.6 Å². The van der Waals surface area contributed by atoms with E-state index >= 15 is 0 Å². The fourth-order valence-electron chi connectivity index (χ4n) is 4.19. The number of rotatable bonds is 3.